The molecule has 136 valence electrons. The van der Waals surface area contributed by atoms with Crippen molar-refractivity contribution in [2.45, 2.75) is 51.6 Å². The number of esters is 1. The van der Waals surface area contributed by atoms with Crippen LogP contribution >= 0.6 is 0 Å². The van der Waals surface area contributed by atoms with E-state index in [0.29, 0.717) is 31.4 Å². The Morgan fingerprint density at radius 1 is 1.08 bits per heavy atom. The second kappa shape index (κ2) is 8.37. The Balaban J connectivity index is 1.59. The third kappa shape index (κ3) is 4.53. The molecule has 1 aromatic rings. The van der Waals surface area contributed by atoms with Gasteiger partial charge in [-0.3, -0.25) is 9.59 Å². The lowest BCUT2D eigenvalue weighted by Crippen LogP contribution is -2.42. The van der Waals surface area contributed by atoms with Gasteiger partial charge in [0.2, 0.25) is 0 Å². The van der Waals surface area contributed by atoms with Gasteiger partial charge in [0.15, 0.2) is 0 Å². The number of carbonyl (C=O) groups is 2. The zero-order valence-corrected chi connectivity index (χ0v) is 14.9. The van der Waals surface area contributed by atoms with Crippen molar-refractivity contribution in [2.24, 2.45) is 5.92 Å². The molecule has 0 radical (unpaired) electrons. The minimum atomic E-state index is -0.206. The maximum Gasteiger partial charge on any atom is 0.310 e. The highest BCUT2D eigenvalue weighted by Gasteiger charge is 2.29. The van der Waals surface area contributed by atoms with Crippen LogP contribution in [0, 0.1) is 5.92 Å². The molecule has 1 saturated carbocycles. The van der Waals surface area contributed by atoms with Crippen LogP contribution in [0.4, 0.5) is 0 Å². The largest absolute Gasteiger partial charge is 0.490 e. The second-order valence-corrected chi connectivity index (χ2v) is 6.89. The van der Waals surface area contributed by atoms with Gasteiger partial charge >= 0.3 is 5.97 Å². The molecule has 0 spiro atoms. The zero-order valence-electron chi connectivity index (χ0n) is 14.9. The summed E-state index contributed by atoms with van der Waals surface area (Å²) in [6.07, 6.45) is 6.63. The molecule has 5 nitrogen and oxygen atoms in total. The lowest BCUT2D eigenvalue weighted by Gasteiger charge is -2.31. The molecule has 2 fully saturated rings. The molecular weight excluding hydrogens is 318 g/mol. The fraction of sp³-hybridized carbons (Fsp3) is 0.600. The predicted octanol–water partition coefficient (Wildman–Crippen LogP) is 3.42. The molecule has 1 atom stereocenters. The summed E-state index contributed by atoms with van der Waals surface area (Å²) >= 11 is 0. The van der Waals surface area contributed by atoms with Gasteiger partial charge in [0, 0.05) is 18.7 Å². The van der Waals surface area contributed by atoms with Crippen LogP contribution in [0.15, 0.2) is 24.3 Å². The second-order valence-electron chi connectivity index (χ2n) is 6.89. The van der Waals surface area contributed by atoms with E-state index < -0.39 is 0 Å². The molecule has 1 unspecified atom stereocenters. The Morgan fingerprint density at radius 2 is 1.80 bits per heavy atom. The molecule has 2 aliphatic rings. The number of amides is 1. The first-order valence-electron chi connectivity index (χ1n) is 9.40. The third-order valence-electron chi connectivity index (χ3n) is 5.03. The van der Waals surface area contributed by atoms with E-state index in [1.165, 1.54) is 12.8 Å². The van der Waals surface area contributed by atoms with Crippen LogP contribution in [-0.2, 0) is 9.53 Å². The van der Waals surface area contributed by atoms with Crippen LogP contribution < -0.4 is 4.74 Å². The molecule has 3 rings (SSSR count). The average molecular weight is 345 g/mol. The van der Waals surface area contributed by atoms with E-state index in [4.69, 9.17) is 9.47 Å². The number of hydrogen-bond donors (Lipinski definition) is 0. The van der Waals surface area contributed by atoms with E-state index in [0.717, 1.165) is 31.4 Å². The number of hydrogen-bond acceptors (Lipinski definition) is 4. The van der Waals surface area contributed by atoms with Gasteiger partial charge in [-0.05, 0) is 69.7 Å². The summed E-state index contributed by atoms with van der Waals surface area (Å²) in [4.78, 5) is 26.4. The minimum absolute atomic E-state index is 0.0265. The highest BCUT2D eigenvalue weighted by Crippen LogP contribution is 2.25. The lowest BCUT2D eigenvalue weighted by atomic mass is 9.97. The quantitative estimate of drug-likeness (QED) is 0.767. The van der Waals surface area contributed by atoms with Gasteiger partial charge in [-0.2, -0.15) is 0 Å². The van der Waals surface area contributed by atoms with E-state index >= 15 is 0 Å². The van der Waals surface area contributed by atoms with Crippen molar-refractivity contribution in [3.05, 3.63) is 29.8 Å². The van der Waals surface area contributed by atoms with Crippen molar-refractivity contribution in [1.29, 1.82) is 0 Å². The van der Waals surface area contributed by atoms with Crippen LogP contribution in [0.1, 0.15) is 55.8 Å². The molecular formula is C20H27NO4. The summed E-state index contributed by atoms with van der Waals surface area (Å²) in [6, 6.07) is 7.39. The Morgan fingerprint density at radius 3 is 2.48 bits per heavy atom. The van der Waals surface area contributed by atoms with Gasteiger partial charge in [-0.25, -0.2) is 0 Å². The number of nitrogens with zero attached hydrogens (tertiary/aromatic N) is 1. The van der Waals surface area contributed by atoms with E-state index in [1.807, 2.05) is 24.3 Å². The summed E-state index contributed by atoms with van der Waals surface area (Å²) in [5.74, 6) is 0.399. The Bertz CT molecular complexity index is 592. The molecule has 1 aliphatic heterocycles. The molecule has 1 aliphatic carbocycles. The topological polar surface area (TPSA) is 55.8 Å². The molecule has 1 amide bonds. The van der Waals surface area contributed by atoms with E-state index in [2.05, 4.69) is 0 Å². The summed E-state index contributed by atoms with van der Waals surface area (Å²) in [5, 5.41) is 0. The van der Waals surface area contributed by atoms with Crippen molar-refractivity contribution >= 4 is 11.9 Å². The summed E-state index contributed by atoms with van der Waals surface area (Å²) in [6.45, 7) is 3.32. The lowest BCUT2D eigenvalue weighted by molar-refractivity contribution is -0.149. The molecule has 1 saturated heterocycles. The van der Waals surface area contributed by atoms with Crippen molar-refractivity contribution in [3.63, 3.8) is 0 Å². The Kier molecular flexibility index (Phi) is 5.95. The number of benzene rings is 1. The van der Waals surface area contributed by atoms with Gasteiger partial charge < -0.3 is 14.4 Å². The van der Waals surface area contributed by atoms with Crippen LogP contribution in [0.2, 0.25) is 0 Å². The maximum atomic E-state index is 12.7. The average Bonchev–Trinajstić information content (AvgIpc) is 3.15. The first-order valence-corrected chi connectivity index (χ1v) is 9.40. The Hall–Kier alpha value is -2.04. The van der Waals surface area contributed by atoms with Gasteiger partial charge in [-0.1, -0.05) is 0 Å². The molecule has 5 heteroatoms. The van der Waals surface area contributed by atoms with Crippen molar-refractivity contribution in [2.75, 3.05) is 19.7 Å². The number of carbonyl (C=O) groups excluding carboxylic acids is 2. The number of piperidine rings is 1. The van der Waals surface area contributed by atoms with Crippen LogP contribution in [-0.4, -0.2) is 42.6 Å². The minimum Gasteiger partial charge on any atom is -0.490 e. The monoisotopic (exact) mass is 345 g/mol. The van der Waals surface area contributed by atoms with Crippen LogP contribution in [0.25, 0.3) is 0 Å². The van der Waals surface area contributed by atoms with Gasteiger partial charge in [0.05, 0.1) is 18.6 Å². The molecule has 0 bridgehead atoms. The van der Waals surface area contributed by atoms with Crippen molar-refractivity contribution < 1.29 is 19.1 Å². The van der Waals surface area contributed by atoms with E-state index in [9.17, 15) is 9.59 Å². The summed E-state index contributed by atoms with van der Waals surface area (Å²) < 4.78 is 11.0. The van der Waals surface area contributed by atoms with Crippen molar-refractivity contribution in [1.82, 2.24) is 4.90 Å². The molecule has 1 aromatic carbocycles. The fourth-order valence-corrected chi connectivity index (χ4v) is 3.67. The standard InChI is InChI=1S/C20H27NO4/c1-2-24-20(23)16-6-5-13-21(14-16)19(22)15-9-11-18(12-10-15)25-17-7-3-4-8-17/h9-12,16-17H,2-8,13-14H2,1H3. The van der Waals surface area contributed by atoms with Gasteiger partial charge in [-0.15, -0.1) is 0 Å². The molecule has 1 heterocycles. The van der Waals surface area contributed by atoms with E-state index in [1.54, 1.807) is 11.8 Å². The fourth-order valence-electron chi connectivity index (χ4n) is 3.67. The predicted molar refractivity (Wildman–Crippen MR) is 94.6 cm³/mol. The normalized spacial score (nSPS) is 21.2. The summed E-state index contributed by atoms with van der Waals surface area (Å²) in [7, 11) is 0. The first-order chi connectivity index (χ1) is 12.2. The van der Waals surface area contributed by atoms with Gasteiger partial charge in [0.25, 0.3) is 5.91 Å². The summed E-state index contributed by atoms with van der Waals surface area (Å²) in [5.41, 5.74) is 0.642. The van der Waals surface area contributed by atoms with Crippen LogP contribution in [0.5, 0.6) is 5.75 Å². The molecule has 0 aromatic heterocycles. The van der Waals surface area contributed by atoms with E-state index in [-0.39, 0.29) is 17.8 Å². The number of rotatable bonds is 5. The molecule has 0 N–H and O–H groups in total. The number of ether oxygens (including phenoxy) is 2. The van der Waals surface area contributed by atoms with Crippen molar-refractivity contribution in [3.8, 4) is 5.75 Å². The zero-order chi connectivity index (χ0) is 17.6. The number of likely N-dealkylation sites (tertiary alicyclic amines) is 1. The highest BCUT2D eigenvalue weighted by atomic mass is 16.5. The smallest absolute Gasteiger partial charge is 0.310 e. The first kappa shape index (κ1) is 17.8. The van der Waals surface area contributed by atoms with Crippen LogP contribution in [0.3, 0.4) is 0 Å². The van der Waals surface area contributed by atoms with Gasteiger partial charge in [0.1, 0.15) is 5.75 Å². The third-order valence-corrected chi connectivity index (χ3v) is 5.03. The maximum absolute atomic E-state index is 12.7. The highest BCUT2D eigenvalue weighted by molar-refractivity contribution is 5.94. The Labute approximate surface area is 149 Å². The SMILES string of the molecule is CCOC(=O)C1CCCN(C(=O)c2ccc(OC3CCCC3)cc2)C1. The molecule has 25 heavy (non-hydrogen) atoms.